The molecule has 8 heterocycles. The van der Waals surface area contributed by atoms with Crippen molar-refractivity contribution in [3.05, 3.63) is 103 Å². The third-order valence-electron chi connectivity index (χ3n) is 15.1. The number of aromatic nitrogens is 6. The van der Waals surface area contributed by atoms with E-state index in [0.717, 1.165) is 87.0 Å². The monoisotopic (exact) mass is 1010 g/mol. The Morgan fingerprint density at radius 1 is 0.851 bits per heavy atom. The zero-order chi connectivity index (χ0) is 51.5. The van der Waals surface area contributed by atoms with Crippen LogP contribution in [0.15, 0.2) is 95.9 Å². The van der Waals surface area contributed by atoms with E-state index in [2.05, 4.69) is 62.4 Å². The number of hydrogen-bond donors (Lipinski definition) is 4. The number of nitrogen functional groups attached to an aromatic ring is 1. The number of amides is 2. The predicted octanol–water partition coefficient (Wildman–Crippen LogP) is 4.73. The van der Waals surface area contributed by atoms with Crippen molar-refractivity contribution in [2.75, 3.05) is 87.7 Å². The number of aryl methyl sites for hydroxylation is 1. The molecule has 5 N–H and O–H groups in total. The maximum Gasteiger partial charge on any atom is 0.254 e. The third-order valence-corrected chi connectivity index (χ3v) is 15.1. The first-order valence-corrected chi connectivity index (χ1v) is 25.8. The number of pyridine rings is 1. The van der Waals surface area contributed by atoms with Gasteiger partial charge in [-0.3, -0.25) is 19.4 Å². The summed E-state index contributed by atoms with van der Waals surface area (Å²) in [5, 5.41) is 36.9. The molecular formula is C54H67N13O7. The number of piperazine rings is 2. The van der Waals surface area contributed by atoms with Crippen molar-refractivity contribution in [2.24, 2.45) is 13.0 Å². The van der Waals surface area contributed by atoms with Crippen LogP contribution >= 0.6 is 0 Å². The molecule has 2 amide bonds. The number of carbonyl (C=O) groups excluding carboxylic acids is 2. The Labute approximate surface area is 431 Å². The van der Waals surface area contributed by atoms with Crippen LogP contribution in [-0.4, -0.2) is 163 Å². The predicted molar refractivity (Wildman–Crippen MR) is 279 cm³/mol. The van der Waals surface area contributed by atoms with Gasteiger partial charge in [0, 0.05) is 132 Å². The molecule has 6 aromatic rings. The van der Waals surface area contributed by atoms with Gasteiger partial charge in [-0.2, -0.15) is 0 Å². The van der Waals surface area contributed by atoms with E-state index in [-0.39, 0.29) is 54.6 Å². The molecule has 10 rings (SSSR count). The molecule has 0 radical (unpaired) electrons. The number of fused-ring (bicyclic) bond motifs is 2. The van der Waals surface area contributed by atoms with Gasteiger partial charge in [-0.25, -0.2) is 9.97 Å². The van der Waals surface area contributed by atoms with Crippen molar-refractivity contribution < 1.29 is 33.8 Å². The number of aliphatic hydroxyl groups excluding tert-OH is 1. The number of nitrogens with zero attached hydrogens (tertiary/aromatic N) is 11. The number of ether oxygens (including phenoxy) is 2. The number of phenols is 1. The number of para-hydroxylation sites is 1. The number of phenolic OH excluding ortho intramolecular Hbond substituents is 1. The van der Waals surface area contributed by atoms with E-state index in [4.69, 9.17) is 19.7 Å². The Balaban J connectivity index is 0.655. The number of rotatable bonds is 18. The molecule has 3 unspecified atom stereocenters. The van der Waals surface area contributed by atoms with Gasteiger partial charge in [0.2, 0.25) is 17.7 Å². The molecule has 4 aliphatic rings. The van der Waals surface area contributed by atoms with Crippen LogP contribution in [0.2, 0.25) is 0 Å². The van der Waals surface area contributed by atoms with Crippen LogP contribution in [0.5, 0.6) is 17.5 Å². The normalized spacial score (nSPS) is 21.0. The molecule has 20 nitrogen and oxygen atoms in total. The first kappa shape index (κ1) is 50.3. The average molecular weight is 1010 g/mol. The summed E-state index contributed by atoms with van der Waals surface area (Å²) >= 11 is 0. The number of imidazole rings is 1. The first-order chi connectivity index (χ1) is 35.9. The molecule has 4 saturated heterocycles. The minimum absolute atomic E-state index is 0.0474. The molecule has 6 atom stereocenters. The van der Waals surface area contributed by atoms with Gasteiger partial charge >= 0.3 is 0 Å². The molecule has 2 aromatic carbocycles. The highest BCUT2D eigenvalue weighted by atomic mass is 16.5. The number of aromatic hydroxyl groups is 1. The van der Waals surface area contributed by atoms with E-state index in [0.29, 0.717) is 54.4 Å². The maximum atomic E-state index is 14.2. The Morgan fingerprint density at radius 2 is 1.55 bits per heavy atom. The average Bonchev–Trinajstić information content (AvgIpc) is 4.20. The lowest BCUT2D eigenvalue weighted by atomic mass is 9.91. The minimum atomic E-state index is -0.837. The van der Waals surface area contributed by atoms with Gasteiger partial charge in [-0.05, 0) is 60.7 Å². The van der Waals surface area contributed by atoms with Crippen LogP contribution in [0.3, 0.4) is 0 Å². The largest absolute Gasteiger partial charge is 0.507 e. The van der Waals surface area contributed by atoms with Crippen molar-refractivity contribution in [3.8, 4) is 40.2 Å². The molecule has 4 aliphatic heterocycles. The van der Waals surface area contributed by atoms with Crippen molar-refractivity contribution >= 4 is 29.0 Å². The Hall–Kier alpha value is -7.29. The van der Waals surface area contributed by atoms with Crippen molar-refractivity contribution in [1.29, 1.82) is 0 Å². The van der Waals surface area contributed by atoms with Crippen LogP contribution < -0.4 is 30.3 Å². The van der Waals surface area contributed by atoms with E-state index in [9.17, 15) is 19.8 Å². The lowest BCUT2D eigenvalue weighted by molar-refractivity contribution is -0.141. The second kappa shape index (κ2) is 22.0. The van der Waals surface area contributed by atoms with Gasteiger partial charge < -0.3 is 54.5 Å². The Morgan fingerprint density at radius 3 is 2.23 bits per heavy atom. The van der Waals surface area contributed by atoms with Crippen molar-refractivity contribution in [2.45, 2.75) is 76.2 Å². The molecule has 390 valence electrons. The zero-order valence-electron chi connectivity index (χ0n) is 42.5. The van der Waals surface area contributed by atoms with Gasteiger partial charge in [0.25, 0.3) is 5.88 Å². The molecule has 74 heavy (non-hydrogen) atoms. The van der Waals surface area contributed by atoms with Crippen LogP contribution in [0.4, 0.5) is 17.2 Å². The van der Waals surface area contributed by atoms with E-state index < -0.39 is 18.1 Å². The van der Waals surface area contributed by atoms with E-state index in [1.807, 2.05) is 87.2 Å². The highest BCUT2D eigenvalue weighted by Crippen LogP contribution is 2.40. The van der Waals surface area contributed by atoms with Crippen molar-refractivity contribution in [1.82, 2.24) is 49.9 Å². The van der Waals surface area contributed by atoms with Gasteiger partial charge in [0.1, 0.15) is 36.7 Å². The molecule has 0 spiro atoms. The van der Waals surface area contributed by atoms with Gasteiger partial charge in [0.05, 0.1) is 23.5 Å². The van der Waals surface area contributed by atoms with Crippen LogP contribution in [-0.2, 0) is 16.6 Å². The van der Waals surface area contributed by atoms with E-state index >= 15 is 0 Å². The first-order valence-electron chi connectivity index (χ1n) is 25.8. The number of likely N-dealkylation sites (tertiary alicyclic amines) is 1. The molecule has 4 aromatic heterocycles. The number of aliphatic hydroxyl groups is 1. The number of benzene rings is 2. The second-order valence-electron chi connectivity index (χ2n) is 20.3. The highest BCUT2D eigenvalue weighted by molar-refractivity contribution is 5.91. The summed E-state index contributed by atoms with van der Waals surface area (Å²) < 4.78 is 20.0. The summed E-state index contributed by atoms with van der Waals surface area (Å²) in [6, 6.07) is 22.1. The number of β-amino-alcohol motifs (C(OH)–C–C–N with tert-alkyl or cyclic N) is 1. The molecule has 4 fully saturated rings. The van der Waals surface area contributed by atoms with Crippen LogP contribution in [0, 0.1) is 5.92 Å². The molecule has 0 saturated carbocycles. The molecule has 20 heteroatoms. The summed E-state index contributed by atoms with van der Waals surface area (Å²) in [5.41, 5.74) is 11.4. The SMILES string of the molecule is CC(C)C(C(=O)N1C[C@H](O)C[C@H]1C(=O)N[C@@H](C)c1ccc(-c2nccn2C)cc1)c1cc(OCCN2CCN(CCOc3cc(N4C5CCC4CN(c4cc(-c6ccccc6O)nnc4N)C5)ccn3)CC2)no1. The minimum Gasteiger partial charge on any atom is -0.507 e. The number of anilines is 3. The number of nitrogens with one attached hydrogen (secondary N) is 1. The fourth-order valence-corrected chi connectivity index (χ4v) is 11.1. The molecule has 2 bridgehead atoms. The third kappa shape index (κ3) is 11.0. The molecular weight excluding hydrogens is 943 g/mol. The smallest absolute Gasteiger partial charge is 0.254 e. The molecule has 0 aliphatic carbocycles. The maximum absolute atomic E-state index is 14.2. The summed E-state index contributed by atoms with van der Waals surface area (Å²) in [6.07, 6.45) is 6.91. The second-order valence-corrected chi connectivity index (χ2v) is 20.3. The summed E-state index contributed by atoms with van der Waals surface area (Å²) in [4.78, 5) is 48.0. The number of nitrogens with two attached hydrogens (primary N) is 1. The summed E-state index contributed by atoms with van der Waals surface area (Å²) in [7, 11) is 1.94. The Bertz CT molecular complexity index is 2870. The number of carbonyl (C=O) groups is 2. The standard InChI is InChI=1S/C54H67N13O7/c1-34(2)50(54(71)66-33-41(68)28-45(66)53(70)58-35(3)36-9-11-37(12-10-36)52-57-17-18-62(52)4)47-30-49(61-74-47)73-26-24-64-21-19-63(20-22-64)23-25-72-48-27-38(15-16-56-48)67-39-13-14-40(67)32-65(31-39)44-29-43(59-60-51(44)55)42-7-5-6-8-46(42)69/h5-12,15-18,27,29-30,34-35,39-41,45,50,68-69H,13-14,19-26,28,31-33H2,1-4H3,(H2,55,60)(H,58,70)/t35-,39?,40?,41+,45-,50?/m0/s1. The van der Waals surface area contributed by atoms with Gasteiger partial charge in [-0.1, -0.05) is 50.2 Å². The topological polar surface area (TPSA) is 230 Å². The Kier molecular flexibility index (Phi) is 15.0. The lowest BCUT2D eigenvalue weighted by Gasteiger charge is -2.43. The zero-order valence-corrected chi connectivity index (χ0v) is 42.5. The fourth-order valence-electron chi connectivity index (χ4n) is 11.1. The van der Waals surface area contributed by atoms with E-state index in [1.54, 1.807) is 24.4 Å². The summed E-state index contributed by atoms with van der Waals surface area (Å²) in [5.74, 6) is 1.12. The van der Waals surface area contributed by atoms with Crippen molar-refractivity contribution in [3.63, 3.8) is 0 Å². The summed E-state index contributed by atoms with van der Waals surface area (Å²) in [6.45, 7) is 13.3. The van der Waals surface area contributed by atoms with Gasteiger partial charge in [-0.15, -0.1) is 10.2 Å². The van der Waals surface area contributed by atoms with Crippen LogP contribution in [0.25, 0.3) is 22.6 Å². The van der Waals surface area contributed by atoms with Crippen LogP contribution in [0.1, 0.15) is 63.3 Å². The number of hydrogen-bond acceptors (Lipinski definition) is 17. The van der Waals surface area contributed by atoms with Gasteiger partial charge in [0.15, 0.2) is 11.6 Å². The fraction of sp³-hybridized carbons (Fsp3) is 0.463. The lowest BCUT2D eigenvalue weighted by Crippen LogP contribution is -2.54. The van der Waals surface area contributed by atoms with E-state index in [1.165, 1.54) is 4.90 Å². The quantitative estimate of drug-likeness (QED) is 0.0913. The highest BCUT2D eigenvalue weighted by Gasteiger charge is 2.44.